The Bertz CT molecular complexity index is 729. The van der Waals surface area contributed by atoms with Crippen LogP contribution in [-0.4, -0.2) is 18.4 Å². The number of fused-ring (bicyclic) bond motifs is 1. The Labute approximate surface area is 143 Å². The molecule has 128 valence electrons. The number of carbonyl (C=O) groups is 2. The molecular weight excluding hydrogens is 300 g/mol. The van der Waals surface area contributed by atoms with Gasteiger partial charge in [-0.05, 0) is 55.4 Å². The van der Waals surface area contributed by atoms with E-state index in [1.165, 1.54) is 5.57 Å². The van der Waals surface area contributed by atoms with Crippen molar-refractivity contribution in [3.05, 3.63) is 35.4 Å². The lowest BCUT2D eigenvalue weighted by molar-refractivity contribution is -0.118. The molecule has 1 aromatic carbocycles. The summed E-state index contributed by atoms with van der Waals surface area (Å²) in [6.45, 7) is 10.8. The van der Waals surface area contributed by atoms with Crippen LogP contribution >= 0.6 is 0 Å². The third-order valence-corrected chi connectivity index (χ3v) is 5.33. The normalized spacial score (nSPS) is 23.5. The molecule has 1 saturated carbocycles. The molecule has 2 atom stereocenters. The van der Waals surface area contributed by atoms with Gasteiger partial charge in [-0.15, -0.1) is 0 Å². The van der Waals surface area contributed by atoms with Gasteiger partial charge in [-0.25, -0.2) is 0 Å². The van der Waals surface area contributed by atoms with Crippen LogP contribution in [-0.2, 0) is 16.0 Å². The standard InChI is InChI=1S/C20H26N2O2/c1-12(2)10-16-18(20(16,4)5)19(24)21-15-6-7-17-14(11-15)8-9-22(17)13(3)23/h6-7,10-11,16,18H,8-9H2,1-5H3,(H,21,24). The van der Waals surface area contributed by atoms with E-state index in [1.807, 2.05) is 18.2 Å². The van der Waals surface area contributed by atoms with Crippen LogP contribution in [0.4, 0.5) is 11.4 Å². The van der Waals surface area contributed by atoms with Crippen molar-refractivity contribution in [1.29, 1.82) is 0 Å². The van der Waals surface area contributed by atoms with E-state index in [-0.39, 0.29) is 23.1 Å². The average Bonchev–Trinajstić information content (AvgIpc) is 2.82. The highest BCUT2D eigenvalue weighted by Gasteiger charge is 2.60. The Morgan fingerprint density at radius 3 is 2.58 bits per heavy atom. The number of amides is 2. The number of hydrogen-bond acceptors (Lipinski definition) is 2. The monoisotopic (exact) mass is 326 g/mol. The van der Waals surface area contributed by atoms with Crippen molar-refractivity contribution in [2.75, 3.05) is 16.8 Å². The number of allylic oxidation sites excluding steroid dienone is 2. The van der Waals surface area contributed by atoms with Gasteiger partial charge >= 0.3 is 0 Å². The molecule has 0 saturated heterocycles. The van der Waals surface area contributed by atoms with Crippen molar-refractivity contribution in [2.45, 2.75) is 41.0 Å². The molecule has 1 heterocycles. The minimum atomic E-state index is 0.0174. The van der Waals surface area contributed by atoms with E-state index in [0.29, 0.717) is 5.92 Å². The molecule has 2 amide bonds. The Balaban J connectivity index is 1.73. The molecule has 1 aliphatic heterocycles. The zero-order valence-corrected chi connectivity index (χ0v) is 15.1. The van der Waals surface area contributed by atoms with Crippen molar-refractivity contribution in [1.82, 2.24) is 0 Å². The number of benzene rings is 1. The second-order valence-electron chi connectivity index (χ2n) is 7.82. The maximum absolute atomic E-state index is 12.7. The summed E-state index contributed by atoms with van der Waals surface area (Å²) in [5.41, 5.74) is 4.19. The fourth-order valence-electron chi connectivity index (χ4n) is 3.88. The second-order valence-corrected chi connectivity index (χ2v) is 7.82. The maximum Gasteiger partial charge on any atom is 0.228 e. The predicted molar refractivity (Wildman–Crippen MR) is 97.0 cm³/mol. The number of rotatable bonds is 3. The number of nitrogens with zero attached hydrogens (tertiary/aromatic N) is 1. The molecule has 2 unspecified atom stereocenters. The molecule has 0 bridgehead atoms. The van der Waals surface area contributed by atoms with E-state index in [4.69, 9.17) is 0 Å². The van der Waals surface area contributed by atoms with E-state index in [9.17, 15) is 9.59 Å². The van der Waals surface area contributed by atoms with E-state index in [0.717, 1.165) is 29.9 Å². The molecule has 1 fully saturated rings. The first-order valence-electron chi connectivity index (χ1n) is 8.58. The quantitative estimate of drug-likeness (QED) is 0.860. The Morgan fingerprint density at radius 1 is 1.25 bits per heavy atom. The minimum absolute atomic E-state index is 0.0174. The third-order valence-electron chi connectivity index (χ3n) is 5.33. The first kappa shape index (κ1) is 16.7. The summed E-state index contributed by atoms with van der Waals surface area (Å²) in [7, 11) is 0. The fraction of sp³-hybridized carbons (Fsp3) is 0.500. The second kappa shape index (κ2) is 5.76. The van der Waals surface area contributed by atoms with Gasteiger partial charge in [-0.1, -0.05) is 25.5 Å². The summed E-state index contributed by atoms with van der Waals surface area (Å²) in [4.78, 5) is 26.1. The van der Waals surface area contributed by atoms with Crippen LogP contribution in [0.2, 0.25) is 0 Å². The summed E-state index contributed by atoms with van der Waals surface area (Å²) >= 11 is 0. The van der Waals surface area contributed by atoms with E-state index in [2.05, 4.69) is 39.1 Å². The highest BCUT2D eigenvalue weighted by Crippen LogP contribution is 2.59. The summed E-state index contributed by atoms with van der Waals surface area (Å²) in [6, 6.07) is 5.83. The zero-order chi connectivity index (χ0) is 17.6. The highest BCUT2D eigenvalue weighted by atomic mass is 16.2. The lowest BCUT2D eigenvalue weighted by Gasteiger charge is -2.15. The Hall–Kier alpha value is -2.10. The fourth-order valence-corrected chi connectivity index (χ4v) is 3.88. The molecule has 4 heteroatoms. The first-order valence-corrected chi connectivity index (χ1v) is 8.58. The van der Waals surface area contributed by atoms with E-state index >= 15 is 0 Å². The zero-order valence-electron chi connectivity index (χ0n) is 15.1. The molecule has 1 aromatic rings. The van der Waals surface area contributed by atoms with Crippen molar-refractivity contribution < 1.29 is 9.59 Å². The lowest BCUT2D eigenvalue weighted by atomic mass is 10.1. The van der Waals surface area contributed by atoms with Crippen LogP contribution in [0.3, 0.4) is 0 Å². The predicted octanol–water partition coefficient (Wildman–Crippen LogP) is 3.77. The Morgan fingerprint density at radius 2 is 1.96 bits per heavy atom. The molecule has 4 nitrogen and oxygen atoms in total. The van der Waals surface area contributed by atoms with Crippen LogP contribution in [0.1, 0.15) is 40.2 Å². The minimum Gasteiger partial charge on any atom is -0.326 e. The molecule has 24 heavy (non-hydrogen) atoms. The van der Waals surface area contributed by atoms with Gasteiger partial charge in [0.15, 0.2) is 0 Å². The van der Waals surface area contributed by atoms with Crippen LogP contribution in [0.25, 0.3) is 0 Å². The van der Waals surface area contributed by atoms with E-state index < -0.39 is 0 Å². The van der Waals surface area contributed by atoms with Crippen LogP contribution < -0.4 is 10.2 Å². The van der Waals surface area contributed by atoms with Crippen LogP contribution in [0, 0.1) is 17.3 Å². The molecule has 1 aliphatic carbocycles. The van der Waals surface area contributed by atoms with Crippen molar-refractivity contribution >= 4 is 23.2 Å². The smallest absolute Gasteiger partial charge is 0.228 e. The van der Waals surface area contributed by atoms with Crippen LogP contribution in [0.5, 0.6) is 0 Å². The summed E-state index contributed by atoms with van der Waals surface area (Å²) in [6.07, 6.45) is 3.05. The number of anilines is 2. The lowest BCUT2D eigenvalue weighted by Crippen LogP contribution is -2.25. The summed E-state index contributed by atoms with van der Waals surface area (Å²) in [5, 5.41) is 3.06. The molecular formula is C20H26N2O2. The van der Waals surface area contributed by atoms with Crippen molar-refractivity contribution in [3.63, 3.8) is 0 Å². The van der Waals surface area contributed by atoms with Gasteiger partial charge in [-0.2, -0.15) is 0 Å². The molecule has 0 spiro atoms. The molecule has 2 aliphatic rings. The average molecular weight is 326 g/mol. The van der Waals surface area contributed by atoms with Gasteiger partial charge in [0.25, 0.3) is 0 Å². The van der Waals surface area contributed by atoms with Gasteiger partial charge < -0.3 is 10.2 Å². The third kappa shape index (κ3) is 2.85. The number of hydrogen-bond donors (Lipinski definition) is 1. The molecule has 1 N–H and O–H groups in total. The van der Waals surface area contributed by atoms with Crippen molar-refractivity contribution in [2.24, 2.45) is 17.3 Å². The van der Waals surface area contributed by atoms with Crippen LogP contribution in [0.15, 0.2) is 29.8 Å². The van der Waals surface area contributed by atoms with Gasteiger partial charge in [-0.3, -0.25) is 9.59 Å². The molecule has 0 aromatic heterocycles. The first-order chi connectivity index (χ1) is 11.2. The SMILES string of the molecule is CC(=O)N1CCc2cc(NC(=O)C3C(C=C(C)C)C3(C)C)ccc21. The summed E-state index contributed by atoms with van der Waals surface area (Å²) < 4.78 is 0. The van der Waals surface area contributed by atoms with Gasteiger partial charge in [0.1, 0.15) is 0 Å². The topological polar surface area (TPSA) is 49.4 Å². The number of carbonyl (C=O) groups excluding carboxylic acids is 2. The van der Waals surface area contributed by atoms with Crippen molar-refractivity contribution in [3.8, 4) is 0 Å². The van der Waals surface area contributed by atoms with Gasteiger partial charge in [0, 0.05) is 24.8 Å². The summed E-state index contributed by atoms with van der Waals surface area (Å²) in [5.74, 6) is 0.484. The maximum atomic E-state index is 12.7. The highest BCUT2D eigenvalue weighted by molar-refractivity contribution is 5.97. The van der Waals surface area contributed by atoms with Gasteiger partial charge in [0.2, 0.25) is 11.8 Å². The van der Waals surface area contributed by atoms with Gasteiger partial charge in [0.05, 0.1) is 5.92 Å². The van der Waals surface area contributed by atoms with E-state index in [1.54, 1.807) is 11.8 Å². The molecule has 3 rings (SSSR count). The Kier molecular flexibility index (Phi) is 4.02. The number of nitrogens with one attached hydrogen (secondary N) is 1. The molecule has 0 radical (unpaired) electrons. The largest absolute Gasteiger partial charge is 0.326 e.